The molecular formula is C14H18N2O4. The number of allylic oxidation sites excluding steroid dienone is 1. The van der Waals surface area contributed by atoms with E-state index >= 15 is 0 Å². The van der Waals surface area contributed by atoms with Gasteiger partial charge in [0.2, 0.25) is 0 Å². The van der Waals surface area contributed by atoms with Crippen LogP contribution in [0.1, 0.15) is 31.2 Å². The Labute approximate surface area is 116 Å². The molecule has 3 N–H and O–H groups in total. The van der Waals surface area contributed by atoms with Gasteiger partial charge in [-0.1, -0.05) is 36.8 Å². The van der Waals surface area contributed by atoms with Crippen molar-refractivity contribution in [3.63, 3.8) is 0 Å². The third-order valence-corrected chi connectivity index (χ3v) is 3.42. The molecule has 0 amide bonds. The van der Waals surface area contributed by atoms with Gasteiger partial charge in [-0.2, -0.15) is 0 Å². The molecule has 0 atom stereocenters. The van der Waals surface area contributed by atoms with E-state index in [2.05, 4.69) is 5.32 Å². The van der Waals surface area contributed by atoms with Crippen LogP contribution in [0.2, 0.25) is 0 Å². The average Bonchev–Trinajstić information content (AvgIpc) is 2.68. The SMILES string of the molecule is O=[N+]([O-])C(=C1CCCCCN1)C(O)(O)c1ccccc1. The highest BCUT2D eigenvalue weighted by Crippen LogP contribution is 2.30. The molecule has 108 valence electrons. The van der Waals surface area contributed by atoms with E-state index < -0.39 is 16.4 Å². The lowest BCUT2D eigenvalue weighted by Gasteiger charge is -2.21. The largest absolute Gasteiger partial charge is 0.383 e. The molecule has 1 saturated heterocycles. The van der Waals surface area contributed by atoms with Crippen molar-refractivity contribution in [2.75, 3.05) is 6.54 Å². The molecule has 1 aromatic carbocycles. The molecule has 0 aliphatic carbocycles. The van der Waals surface area contributed by atoms with Crippen LogP contribution in [0.25, 0.3) is 0 Å². The summed E-state index contributed by atoms with van der Waals surface area (Å²) in [5, 5.41) is 34.8. The molecule has 1 aliphatic heterocycles. The van der Waals surface area contributed by atoms with Crippen LogP contribution < -0.4 is 5.32 Å². The summed E-state index contributed by atoms with van der Waals surface area (Å²) < 4.78 is 0. The first kappa shape index (κ1) is 14.5. The summed E-state index contributed by atoms with van der Waals surface area (Å²) in [6.07, 6.45) is 3.14. The standard InChI is InChI=1S/C14H18N2O4/c17-14(18,11-7-3-1-4-8-11)13(16(19)20)12-9-5-2-6-10-15-12/h1,3-4,7-8,15,17-18H,2,5-6,9-10H2. The maximum Gasteiger partial charge on any atom is 0.328 e. The number of hydrogen-bond donors (Lipinski definition) is 3. The van der Waals surface area contributed by atoms with E-state index in [0.29, 0.717) is 18.7 Å². The first-order chi connectivity index (χ1) is 9.53. The predicted molar refractivity (Wildman–Crippen MR) is 73.0 cm³/mol. The minimum atomic E-state index is -2.60. The van der Waals surface area contributed by atoms with E-state index in [1.54, 1.807) is 18.2 Å². The molecule has 0 aromatic heterocycles. The molecule has 0 spiro atoms. The number of benzene rings is 1. The molecule has 20 heavy (non-hydrogen) atoms. The molecule has 1 aliphatic rings. The summed E-state index contributed by atoms with van der Waals surface area (Å²) >= 11 is 0. The normalized spacial score (nSPS) is 18.9. The van der Waals surface area contributed by atoms with Crippen LogP contribution in [0.15, 0.2) is 41.7 Å². The molecule has 0 saturated carbocycles. The number of hydrogen-bond acceptors (Lipinski definition) is 5. The van der Waals surface area contributed by atoms with Gasteiger partial charge in [0, 0.05) is 12.1 Å². The van der Waals surface area contributed by atoms with Gasteiger partial charge in [0.1, 0.15) is 0 Å². The van der Waals surface area contributed by atoms with Crippen LogP contribution in [-0.2, 0) is 5.79 Å². The summed E-state index contributed by atoms with van der Waals surface area (Å²) in [6.45, 7) is 0.609. The summed E-state index contributed by atoms with van der Waals surface area (Å²) in [5.74, 6) is -2.60. The van der Waals surface area contributed by atoms with Gasteiger partial charge < -0.3 is 15.5 Å². The summed E-state index contributed by atoms with van der Waals surface area (Å²) in [6, 6.07) is 7.85. The number of nitro groups is 1. The second-order valence-corrected chi connectivity index (χ2v) is 4.86. The maximum atomic E-state index is 11.3. The van der Waals surface area contributed by atoms with Crippen LogP contribution in [0, 0.1) is 10.1 Å². The minimum absolute atomic E-state index is 0.0882. The Bertz CT molecular complexity index is 501. The van der Waals surface area contributed by atoms with E-state index in [-0.39, 0.29) is 5.56 Å². The van der Waals surface area contributed by atoms with Gasteiger partial charge in [-0.05, 0) is 19.3 Å². The first-order valence-electron chi connectivity index (χ1n) is 6.65. The Balaban J connectivity index is 2.47. The van der Waals surface area contributed by atoms with Gasteiger partial charge in [0.05, 0.1) is 10.6 Å². The molecule has 1 fully saturated rings. The predicted octanol–water partition coefficient (Wildman–Crippen LogP) is 1.48. The van der Waals surface area contributed by atoms with E-state index in [9.17, 15) is 20.3 Å². The van der Waals surface area contributed by atoms with Crippen LogP contribution in [-0.4, -0.2) is 21.7 Å². The topological polar surface area (TPSA) is 95.6 Å². The van der Waals surface area contributed by atoms with Gasteiger partial charge in [-0.25, -0.2) is 0 Å². The van der Waals surface area contributed by atoms with E-state index in [4.69, 9.17) is 0 Å². The van der Waals surface area contributed by atoms with Crippen molar-refractivity contribution in [2.45, 2.75) is 31.5 Å². The van der Waals surface area contributed by atoms with E-state index in [1.165, 1.54) is 12.1 Å². The zero-order valence-corrected chi connectivity index (χ0v) is 11.1. The van der Waals surface area contributed by atoms with Gasteiger partial charge >= 0.3 is 5.70 Å². The Morgan fingerprint density at radius 3 is 2.55 bits per heavy atom. The van der Waals surface area contributed by atoms with Crippen LogP contribution >= 0.6 is 0 Å². The molecule has 6 heteroatoms. The van der Waals surface area contributed by atoms with Gasteiger partial charge in [-0.3, -0.25) is 10.1 Å². The van der Waals surface area contributed by atoms with E-state index in [0.717, 1.165) is 19.3 Å². The minimum Gasteiger partial charge on any atom is -0.383 e. The fraction of sp³-hybridized carbons (Fsp3) is 0.429. The lowest BCUT2D eigenvalue weighted by atomic mass is 10.00. The van der Waals surface area contributed by atoms with E-state index in [1.807, 2.05) is 0 Å². The number of nitrogens with zero attached hydrogens (tertiary/aromatic N) is 1. The Hall–Kier alpha value is -1.92. The van der Waals surface area contributed by atoms with Crippen molar-refractivity contribution in [3.05, 3.63) is 57.4 Å². The van der Waals surface area contributed by atoms with Crippen molar-refractivity contribution >= 4 is 0 Å². The molecule has 0 unspecified atom stereocenters. The number of nitrogens with one attached hydrogen (secondary N) is 1. The molecule has 0 bridgehead atoms. The van der Waals surface area contributed by atoms with Gasteiger partial charge in [0.25, 0.3) is 5.79 Å². The highest BCUT2D eigenvalue weighted by atomic mass is 16.6. The second-order valence-electron chi connectivity index (χ2n) is 4.86. The van der Waals surface area contributed by atoms with Crippen LogP contribution in [0.4, 0.5) is 0 Å². The number of aliphatic hydroxyl groups is 2. The maximum absolute atomic E-state index is 11.3. The third kappa shape index (κ3) is 2.97. The number of rotatable bonds is 3. The zero-order valence-electron chi connectivity index (χ0n) is 11.1. The molecule has 6 nitrogen and oxygen atoms in total. The van der Waals surface area contributed by atoms with Crippen LogP contribution in [0.5, 0.6) is 0 Å². The summed E-state index contributed by atoms with van der Waals surface area (Å²) in [4.78, 5) is 10.6. The highest BCUT2D eigenvalue weighted by molar-refractivity contribution is 5.28. The Morgan fingerprint density at radius 2 is 1.90 bits per heavy atom. The molecule has 2 rings (SSSR count). The Morgan fingerprint density at radius 1 is 1.20 bits per heavy atom. The summed E-state index contributed by atoms with van der Waals surface area (Å²) in [5.41, 5.74) is -0.183. The highest BCUT2D eigenvalue weighted by Gasteiger charge is 2.43. The molecular weight excluding hydrogens is 260 g/mol. The fourth-order valence-corrected chi connectivity index (χ4v) is 2.39. The third-order valence-electron chi connectivity index (χ3n) is 3.42. The van der Waals surface area contributed by atoms with Gasteiger partial charge in [-0.15, -0.1) is 0 Å². The fourth-order valence-electron chi connectivity index (χ4n) is 2.39. The smallest absolute Gasteiger partial charge is 0.328 e. The molecule has 1 aromatic rings. The lowest BCUT2D eigenvalue weighted by Crippen LogP contribution is -2.35. The molecule has 1 heterocycles. The molecule has 0 radical (unpaired) electrons. The van der Waals surface area contributed by atoms with Crippen molar-refractivity contribution < 1.29 is 15.1 Å². The zero-order chi connectivity index (χ0) is 14.6. The average molecular weight is 278 g/mol. The summed E-state index contributed by atoms with van der Waals surface area (Å²) in [7, 11) is 0. The quantitative estimate of drug-likeness (QED) is 0.442. The monoisotopic (exact) mass is 278 g/mol. The van der Waals surface area contributed by atoms with Crippen molar-refractivity contribution in [3.8, 4) is 0 Å². The van der Waals surface area contributed by atoms with Crippen molar-refractivity contribution in [1.29, 1.82) is 0 Å². The Kier molecular flexibility index (Phi) is 4.36. The second kappa shape index (κ2) is 6.02. The van der Waals surface area contributed by atoms with Crippen molar-refractivity contribution in [1.82, 2.24) is 5.32 Å². The van der Waals surface area contributed by atoms with Crippen LogP contribution in [0.3, 0.4) is 0 Å². The lowest BCUT2D eigenvalue weighted by molar-refractivity contribution is -0.464. The van der Waals surface area contributed by atoms with Gasteiger partial charge in [0.15, 0.2) is 0 Å². The first-order valence-corrected chi connectivity index (χ1v) is 6.65. The van der Waals surface area contributed by atoms with Crippen molar-refractivity contribution in [2.24, 2.45) is 0 Å².